The number of amides is 1. The molecule has 4 aliphatic rings. The van der Waals surface area contributed by atoms with Crippen LogP contribution in [0.4, 0.5) is 5.82 Å². The van der Waals surface area contributed by atoms with Crippen LogP contribution in [0.2, 0.25) is 0 Å². The van der Waals surface area contributed by atoms with E-state index < -0.39 is 5.60 Å². The Morgan fingerprint density at radius 3 is 2.60 bits per heavy atom. The summed E-state index contributed by atoms with van der Waals surface area (Å²) in [6.45, 7) is 6.45. The maximum Gasteiger partial charge on any atom is 0.226 e. The first-order chi connectivity index (χ1) is 11.8. The lowest BCUT2D eigenvalue weighted by Crippen LogP contribution is -2.56. The third-order valence-electron chi connectivity index (χ3n) is 6.98. The normalized spacial score (nSPS) is 37.5. The standard InChI is InChI=1S/C20H31N3O2/c1-13(2)14(3)23-17(4-5-21-23)22-18(24)11-19-7-15-6-16(8-19)10-20(25,9-15)12-19/h4-5,13-16,25H,6-12H2,1-3H3,(H,22,24)/t14-,15-,16-,19?,20?/m0/s1. The van der Waals surface area contributed by atoms with Gasteiger partial charge in [-0.2, -0.15) is 5.10 Å². The largest absolute Gasteiger partial charge is 0.390 e. The summed E-state index contributed by atoms with van der Waals surface area (Å²) in [5, 5.41) is 18.4. The van der Waals surface area contributed by atoms with Crippen LogP contribution in [-0.2, 0) is 4.79 Å². The van der Waals surface area contributed by atoms with Gasteiger partial charge in [0.15, 0.2) is 0 Å². The van der Waals surface area contributed by atoms with E-state index in [1.165, 1.54) is 6.42 Å². The molecule has 4 saturated carbocycles. The molecule has 1 amide bonds. The topological polar surface area (TPSA) is 67.2 Å². The Morgan fingerprint density at radius 1 is 1.32 bits per heavy atom. The first-order valence-corrected chi connectivity index (χ1v) is 9.83. The second-order valence-corrected chi connectivity index (χ2v) is 9.56. The van der Waals surface area contributed by atoms with Gasteiger partial charge in [0, 0.05) is 12.5 Å². The summed E-state index contributed by atoms with van der Waals surface area (Å²) >= 11 is 0. The van der Waals surface area contributed by atoms with Crippen molar-refractivity contribution in [2.24, 2.45) is 23.2 Å². The van der Waals surface area contributed by atoms with E-state index in [9.17, 15) is 9.90 Å². The Kier molecular flexibility index (Phi) is 3.98. The lowest BCUT2D eigenvalue weighted by atomic mass is 9.47. The molecule has 5 rings (SSSR count). The van der Waals surface area contributed by atoms with Crippen LogP contribution >= 0.6 is 0 Å². The van der Waals surface area contributed by atoms with E-state index in [-0.39, 0.29) is 17.4 Å². The Balaban J connectivity index is 1.46. The van der Waals surface area contributed by atoms with Crippen molar-refractivity contribution in [2.45, 2.75) is 77.4 Å². The second kappa shape index (κ2) is 5.83. The van der Waals surface area contributed by atoms with Crippen molar-refractivity contribution in [3.8, 4) is 0 Å². The van der Waals surface area contributed by atoms with Gasteiger partial charge in [-0.25, -0.2) is 4.68 Å². The summed E-state index contributed by atoms with van der Waals surface area (Å²) in [6.07, 6.45) is 8.47. The lowest BCUT2D eigenvalue weighted by Gasteiger charge is -2.60. The number of rotatable bonds is 5. The van der Waals surface area contributed by atoms with E-state index in [1.54, 1.807) is 6.20 Å². The average Bonchev–Trinajstić information content (AvgIpc) is 2.90. The van der Waals surface area contributed by atoms with Crippen molar-refractivity contribution in [3.63, 3.8) is 0 Å². The number of nitrogens with zero attached hydrogens (tertiary/aromatic N) is 2. The molecular weight excluding hydrogens is 314 g/mol. The molecule has 5 nitrogen and oxygen atoms in total. The highest BCUT2D eigenvalue weighted by atomic mass is 16.3. The molecule has 1 aromatic rings. The van der Waals surface area contributed by atoms with E-state index >= 15 is 0 Å². The van der Waals surface area contributed by atoms with Crippen molar-refractivity contribution < 1.29 is 9.90 Å². The number of carbonyl (C=O) groups excluding carboxylic acids is 1. The van der Waals surface area contributed by atoms with Crippen LogP contribution in [-0.4, -0.2) is 26.4 Å². The number of aromatic nitrogens is 2. The molecule has 0 aliphatic heterocycles. The SMILES string of the molecule is CC(C)[C@H](C)n1nccc1NC(=O)CC12C[C@@H]3C[C@H](CC(O)(C3)C1)C2. The van der Waals surface area contributed by atoms with Crippen LogP contribution in [0.25, 0.3) is 0 Å². The maximum atomic E-state index is 12.8. The molecule has 1 heterocycles. The average molecular weight is 345 g/mol. The molecule has 4 aliphatic carbocycles. The molecular formula is C20H31N3O2. The Hall–Kier alpha value is -1.36. The Labute approximate surface area is 150 Å². The summed E-state index contributed by atoms with van der Waals surface area (Å²) in [7, 11) is 0. The number of hydrogen-bond donors (Lipinski definition) is 2. The number of hydrogen-bond acceptors (Lipinski definition) is 3. The number of anilines is 1. The zero-order valence-corrected chi connectivity index (χ0v) is 15.7. The molecule has 5 heteroatoms. The molecule has 0 aromatic carbocycles. The highest BCUT2D eigenvalue weighted by Gasteiger charge is 2.57. The van der Waals surface area contributed by atoms with Crippen LogP contribution < -0.4 is 5.32 Å². The van der Waals surface area contributed by atoms with Crippen LogP contribution in [0.3, 0.4) is 0 Å². The fourth-order valence-corrected chi connectivity index (χ4v) is 6.16. The fraction of sp³-hybridized carbons (Fsp3) is 0.800. The second-order valence-electron chi connectivity index (χ2n) is 9.56. The first kappa shape index (κ1) is 17.1. The minimum Gasteiger partial charge on any atom is -0.390 e. The van der Waals surface area contributed by atoms with Gasteiger partial charge in [0.2, 0.25) is 5.91 Å². The smallest absolute Gasteiger partial charge is 0.226 e. The van der Waals surface area contributed by atoms with E-state index in [1.807, 2.05) is 10.7 Å². The van der Waals surface area contributed by atoms with Gasteiger partial charge in [0.05, 0.1) is 17.8 Å². The minimum atomic E-state index is -0.502. The molecule has 0 spiro atoms. The third-order valence-corrected chi connectivity index (χ3v) is 6.98. The number of nitrogens with one attached hydrogen (secondary N) is 1. The zero-order valence-electron chi connectivity index (χ0n) is 15.7. The summed E-state index contributed by atoms with van der Waals surface area (Å²) in [5.74, 6) is 2.54. The quantitative estimate of drug-likeness (QED) is 0.854. The van der Waals surface area contributed by atoms with Gasteiger partial charge in [0.1, 0.15) is 5.82 Å². The molecule has 0 radical (unpaired) electrons. The highest BCUT2D eigenvalue weighted by Crippen LogP contribution is 2.62. The predicted molar refractivity (Wildman–Crippen MR) is 97.1 cm³/mol. The molecule has 4 fully saturated rings. The summed E-state index contributed by atoms with van der Waals surface area (Å²) in [4.78, 5) is 12.8. The minimum absolute atomic E-state index is 0.0113. The van der Waals surface area contributed by atoms with Crippen molar-refractivity contribution >= 4 is 11.7 Å². The van der Waals surface area contributed by atoms with Crippen molar-refractivity contribution in [1.82, 2.24) is 9.78 Å². The van der Waals surface area contributed by atoms with Crippen LogP contribution in [0, 0.1) is 23.2 Å². The molecule has 25 heavy (non-hydrogen) atoms. The van der Waals surface area contributed by atoms with Crippen molar-refractivity contribution in [1.29, 1.82) is 0 Å². The number of carbonyl (C=O) groups is 1. The maximum absolute atomic E-state index is 12.8. The van der Waals surface area contributed by atoms with E-state index in [0.717, 1.165) is 37.9 Å². The van der Waals surface area contributed by atoms with Crippen molar-refractivity contribution in [3.05, 3.63) is 12.3 Å². The van der Waals surface area contributed by atoms with Crippen LogP contribution in [0.15, 0.2) is 12.3 Å². The highest BCUT2D eigenvalue weighted by molar-refractivity contribution is 5.90. The van der Waals surface area contributed by atoms with Crippen molar-refractivity contribution in [2.75, 3.05) is 5.32 Å². The molecule has 3 atom stereocenters. The molecule has 138 valence electrons. The lowest BCUT2D eigenvalue weighted by molar-refractivity contribution is -0.167. The summed E-state index contributed by atoms with van der Waals surface area (Å²) in [6, 6.07) is 2.12. The van der Waals surface area contributed by atoms with Gasteiger partial charge >= 0.3 is 0 Å². The molecule has 2 N–H and O–H groups in total. The van der Waals surface area contributed by atoms with Crippen LogP contribution in [0.5, 0.6) is 0 Å². The van der Waals surface area contributed by atoms with E-state index in [2.05, 4.69) is 31.2 Å². The monoisotopic (exact) mass is 345 g/mol. The van der Waals surface area contributed by atoms with Crippen LogP contribution in [0.1, 0.15) is 71.8 Å². The molecule has 0 unspecified atom stereocenters. The van der Waals surface area contributed by atoms with Gasteiger partial charge in [-0.3, -0.25) is 4.79 Å². The van der Waals surface area contributed by atoms with Gasteiger partial charge < -0.3 is 10.4 Å². The van der Waals surface area contributed by atoms with Gasteiger partial charge in [-0.15, -0.1) is 0 Å². The third kappa shape index (κ3) is 3.12. The fourth-order valence-electron chi connectivity index (χ4n) is 6.16. The summed E-state index contributed by atoms with van der Waals surface area (Å²) < 4.78 is 1.91. The summed E-state index contributed by atoms with van der Waals surface area (Å²) in [5.41, 5.74) is -0.490. The first-order valence-electron chi connectivity index (χ1n) is 9.83. The molecule has 1 aromatic heterocycles. The zero-order chi connectivity index (χ0) is 17.8. The predicted octanol–water partition coefficient (Wildman–Crippen LogP) is 3.76. The molecule has 0 saturated heterocycles. The van der Waals surface area contributed by atoms with E-state index in [4.69, 9.17) is 0 Å². The van der Waals surface area contributed by atoms with Gasteiger partial charge in [0.25, 0.3) is 0 Å². The molecule has 4 bridgehead atoms. The number of aliphatic hydroxyl groups is 1. The Bertz CT molecular complexity index is 652. The Morgan fingerprint density at radius 2 is 2.00 bits per heavy atom. The van der Waals surface area contributed by atoms with Gasteiger partial charge in [-0.1, -0.05) is 13.8 Å². The van der Waals surface area contributed by atoms with E-state index in [0.29, 0.717) is 24.2 Å². The van der Waals surface area contributed by atoms with Gasteiger partial charge in [-0.05, 0) is 68.6 Å².